The number of benzene rings is 1. The fourth-order valence-corrected chi connectivity index (χ4v) is 1.59. The van der Waals surface area contributed by atoms with Crippen LogP contribution in [0.3, 0.4) is 0 Å². The van der Waals surface area contributed by atoms with E-state index in [0.29, 0.717) is 5.56 Å². The number of nitro groups is 1. The Kier molecular flexibility index (Phi) is 4.29. The number of carbonyl (C=O) groups is 1. The maximum absolute atomic E-state index is 11.4. The van der Waals surface area contributed by atoms with Crippen LogP contribution in [0.25, 0.3) is 0 Å². The molecule has 0 amide bonds. The van der Waals surface area contributed by atoms with Crippen molar-refractivity contribution in [1.29, 1.82) is 5.26 Å². The molecule has 0 atom stereocenters. The molecule has 1 heterocycles. The van der Waals surface area contributed by atoms with Gasteiger partial charge in [-0.05, 0) is 24.3 Å². The zero-order chi connectivity index (χ0) is 16.1. The molecule has 0 aliphatic rings. The quantitative estimate of drug-likeness (QED) is 0.483. The van der Waals surface area contributed by atoms with Crippen molar-refractivity contribution in [3.05, 3.63) is 57.8 Å². The number of methoxy groups -OCH3 is 1. The Morgan fingerprint density at radius 3 is 2.59 bits per heavy atom. The highest BCUT2D eigenvalue weighted by molar-refractivity contribution is 5.89. The molecule has 2 aromatic rings. The SMILES string of the molecule is COC(=O)c1cnc(Oc2ccc(C#N)cc2)c([N+](=O)[O-])c1. The Labute approximate surface area is 124 Å². The molecule has 0 spiro atoms. The van der Waals surface area contributed by atoms with Gasteiger partial charge in [0.1, 0.15) is 5.75 Å². The molecule has 0 aliphatic heterocycles. The van der Waals surface area contributed by atoms with E-state index < -0.39 is 16.6 Å². The zero-order valence-corrected chi connectivity index (χ0v) is 11.3. The van der Waals surface area contributed by atoms with Gasteiger partial charge < -0.3 is 9.47 Å². The first-order valence-electron chi connectivity index (χ1n) is 5.96. The molecule has 0 aliphatic carbocycles. The summed E-state index contributed by atoms with van der Waals surface area (Å²) in [7, 11) is 1.16. The number of rotatable bonds is 4. The lowest BCUT2D eigenvalue weighted by molar-refractivity contribution is -0.386. The number of hydrogen-bond donors (Lipinski definition) is 0. The van der Waals surface area contributed by atoms with Gasteiger partial charge in [0.2, 0.25) is 0 Å². The average molecular weight is 299 g/mol. The molecule has 8 nitrogen and oxygen atoms in total. The van der Waals surface area contributed by atoms with Crippen molar-refractivity contribution in [2.45, 2.75) is 0 Å². The Morgan fingerprint density at radius 1 is 1.36 bits per heavy atom. The van der Waals surface area contributed by atoms with Crippen LogP contribution in [-0.4, -0.2) is 23.0 Å². The van der Waals surface area contributed by atoms with Gasteiger partial charge in [-0.1, -0.05) is 0 Å². The summed E-state index contributed by atoms with van der Waals surface area (Å²) in [6.45, 7) is 0. The molecule has 0 bridgehead atoms. The van der Waals surface area contributed by atoms with Crippen molar-refractivity contribution in [2.24, 2.45) is 0 Å². The molecule has 0 saturated carbocycles. The first kappa shape index (κ1) is 14.9. The molecule has 1 aromatic carbocycles. The largest absolute Gasteiger partial charge is 0.465 e. The van der Waals surface area contributed by atoms with Crippen molar-refractivity contribution in [3.8, 4) is 17.7 Å². The first-order chi connectivity index (χ1) is 10.5. The Balaban J connectivity index is 2.35. The lowest BCUT2D eigenvalue weighted by Gasteiger charge is -2.06. The third-order valence-corrected chi connectivity index (χ3v) is 2.65. The zero-order valence-electron chi connectivity index (χ0n) is 11.3. The van der Waals surface area contributed by atoms with E-state index in [9.17, 15) is 14.9 Å². The van der Waals surface area contributed by atoms with E-state index >= 15 is 0 Å². The molecule has 0 saturated heterocycles. The van der Waals surface area contributed by atoms with Crippen LogP contribution in [0, 0.1) is 21.4 Å². The van der Waals surface area contributed by atoms with Gasteiger partial charge in [-0.15, -0.1) is 0 Å². The van der Waals surface area contributed by atoms with Crippen molar-refractivity contribution in [3.63, 3.8) is 0 Å². The van der Waals surface area contributed by atoms with Crippen molar-refractivity contribution in [2.75, 3.05) is 7.11 Å². The van der Waals surface area contributed by atoms with Gasteiger partial charge in [-0.3, -0.25) is 10.1 Å². The molecule has 0 unspecified atom stereocenters. The van der Waals surface area contributed by atoms with Gasteiger partial charge in [0.25, 0.3) is 5.88 Å². The van der Waals surface area contributed by atoms with Crippen LogP contribution in [-0.2, 0) is 4.74 Å². The Bertz CT molecular complexity index is 765. The van der Waals surface area contributed by atoms with Gasteiger partial charge in [0.15, 0.2) is 0 Å². The summed E-state index contributed by atoms with van der Waals surface area (Å²) in [5.41, 5.74) is -0.0931. The van der Waals surface area contributed by atoms with E-state index in [-0.39, 0.29) is 17.2 Å². The minimum Gasteiger partial charge on any atom is -0.465 e. The van der Waals surface area contributed by atoms with E-state index in [1.165, 1.54) is 24.3 Å². The van der Waals surface area contributed by atoms with E-state index in [4.69, 9.17) is 10.00 Å². The van der Waals surface area contributed by atoms with E-state index in [0.717, 1.165) is 19.4 Å². The number of nitriles is 1. The third-order valence-electron chi connectivity index (χ3n) is 2.65. The summed E-state index contributed by atoms with van der Waals surface area (Å²) >= 11 is 0. The maximum atomic E-state index is 11.4. The highest BCUT2D eigenvalue weighted by atomic mass is 16.6. The summed E-state index contributed by atoms with van der Waals surface area (Å²) in [6.07, 6.45) is 1.12. The van der Waals surface area contributed by atoms with E-state index in [1.54, 1.807) is 0 Å². The van der Waals surface area contributed by atoms with Crippen molar-refractivity contribution in [1.82, 2.24) is 4.98 Å². The van der Waals surface area contributed by atoms with Crippen molar-refractivity contribution < 1.29 is 19.2 Å². The minimum absolute atomic E-state index is 0.0543. The summed E-state index contributed by atoms with van der Waals surface area (Å²) < 4.78 is 9.81. The van der Waals surface area contributed by atoms with Gasteiger partial charge in [-0.2, -0.15) is 5.26 Å². The number of esters is 1. The second-order valence-corrected chi connectivity index (χ2v) is 4.04. The Morgan fingerprint density at radius 2 is 2.05 bits per heavy atom. The summed E-state index contributed by atoms with van der Waals surface area (Å²) in [5, 5.41) is 19.8. The molecule has 0 fully saturated rings. The molecule has 2 rings (SSSR count). The van der Waals surface area contributed by atoms with E-state index in [1.807, 2.05) is 6.07 Å². The standard InChI is InChI=1S/C14H9N3O5/c1-21-14(18)10-6-12(17(19)20)13(16-8-10)22-11-4-2-9(7-15)3-5-11/h2-6,8H,1H3. The maximum Gasteiger partial charge on any atom is 0.339 e. The van der Waals surface area contributed by atoms with Crippen LogP contribution in [0.2, 0.25) is 0 Å². The van der Waals surface area contributed by atoms with Gasteiger partial charge in [-0.25, -0.2) is 9.78 Å². The molecular formula is C14H9N3O5. The third kappa shape index (κ3) is 3.16. The second kappa shape index (κ2) is 6.32. The predicted molar refractivity (Wildman–Crippen MR) is 73.5 cm³/mol. The molecule has 0 radical (unpaired) electrons. The molecular weight excluding hydrogens is 290 g/mol. The lowest BCUT2D eigenvalue weighted by atomic mass is 10.2. The number of nitrogens with zero attached hydrogens (tertiary/aromatic N) is 3. The van der Waals surface area contributed by atoms with Crippen LogP contribution < -0.4 is 4.74 Å². The first-order valence-corrected chi connectivity index (χ1v) is 5.96. The number of ether oxygens (including phenoxy) is 2. The smallest absolute Gasteiger partial charge is 0.339 e. The molecule has 110 valence electrons. The number of hydrogen-bond acceptors (Lipinski definition) is 7. The van der Waals surface area contributed by atoms with Gasteiger partial charge in [0.05, 0.1) is 29.2 Å². The molecule has 22 heavy (non-hydrogen) atoms. The fourth-order valence-electron chi connectivity index (χ4n) is 1.59. The summed E-state index contributed by atoms with van der Waals surface area (Å²) in [6, 6.07) is 8.95. The van der Waals surface area contributed by atoms with E-state index in [2.05, 4.69) is 9.72 Å². The lowest BCUT2D eigenvalue weighted by Crippen LogP contribution is -2.04. The second-order valence-electron chi connectivity index (χ2n) is 4.04. The van der Waals surface area contributed by atoms with Gasteiger partial charge >= 0.3 is 11.7 Å². The molecule has 8 heteroatoms. The number of pyridine rings is 1. The summed E-state index contributed by atoms with van der Waals surface area (Å²) in [5.74, 6) is -0.719. The Hall–Kier alpha value is -3.47. The van der Waals surface area contributed by atoms with Crippen LogP contribution in [0.15, 0.2) is 36.5 Å². The van der Waals surface area contributed by atoms with Crippen LogP contribution in [0.4, 0.5) is 5.69 Å². The number of aromatic nitrogens is 1. The van der Waals surface area contributed by atoms with Crippen LogP contribution in [0.5, 0.6) is 11.6 Å². The predicted octanol–water partition coefficient (Wildman–Crippen LogP) is 2.44. The number of carbonyl (C=O) groups excluding carboxylic acids is 1. The highest BCUT2D eigenvalue weighted by Gasteiger charge is 2.21. The summed E-state index contributed by atoms with van der Waals surface area (Å²) in [4.78, 5) is 25.5. The van der Waals surface area contributed by atoms with Crippen molar-refractivity contribution >= 4 is 11.7 Å². The minimum atomic E-state index is -0.736. The average Bonchev–Trinajstić information content (AvgIpc) is 2.55. The fraction of sp³-hybridized carbons (Fsp3) is 0.0714. The monoisotopic (exact) mass is 299 g/mol. The highest BCUT2D eigenvalue weighted by Crippen LogP contribution is 2.30. The van der Waals surface area contributed by atoms with Crippen LogP contribution >= 0.6 is 0 Å². The van der Waals surface area contributed by atoms with Gasteiger partial charge in [0, 0.05) is 12.3 Å². The topological polar surface area (TPSA) is 115 Å². The molecule has 1 aromatic heterocycles. The van der Waals surface area contributed by atoms with Crippen LogP contribution in [0.1, 0.15) is 15.9 Å². The normalized spacial score (nSPS) is 9.64. The molecule has 0 N–H and O–H groups in total.